The van der Waals surface area contributed by atoms with E-state index in [1.54, 1.807) is 44.2 Å². The van der Waals surface area contributed by atoms with E-state index in [0.717, 1.165) is 27.1 Å². The van der Waals surface area contributed by atoms with E-state index in [4.69, 9.17) is 43.2 Å². The van der Waals surface area contributed by atoms with Gasteiger partial charge >= 0.3 is 150 Å². The number of phenols is 1. The summed E-state index contributed by atoms with van der Waals surface area (Å²) in [7, 11) is 0. The van der Waals surface area contributed by atoms with E-state index in [0.29, 0.717) is 63.4 Å². The molecular formula is C36H53BrCs2N2O13. The number of ether oxygens (including phenoxy) is 7. The average Bonchev–Trinajstić information content (AvgIpc) is 3.76. The predicted octanol–water partition coefficient (Wildman–Crippen LogP) is 0.144. The van der Waals surface area contributed by atoms with Gasteiger partial charge in [-0.15, -0.1) is 0 Å². The molecule has 0 saturated carbocycles. The first-order valence-corrected chi connectivity index (χ1v) is 17.4. The second kappa shape index (κ2) is 36.0. The van der Waals surface area contributed by atoms with Crippen LogP contribution in [0.2, 0.25) is 0 Å². The quantitative estimate of drug-likeness (QED) is 0.0323. The number of hydrogen-bond acceptors (Lipinski definition) is 13. The zero-order valence-electron chi connectivity index (χ0n) is 32.7. The molecule has 15 nitrogen and oxygen atoms in total. The summed E-state index contributed by atoms with van der Waals surface area (Å²) in [5.74, 6) is 0.125. The van der Waals surface area contributed by atoms with Crippen molar-refractivity contribution in [3.8, 4) is 11.5 Å². The minimum atomic E-state index is -0.387. The smallest absolute Gasteiger partial charge is 1.00 e. The van der Waals surface area contributed by atoms with Crippen molar-refractivity contribution in [1.82, 2.24) is 9.97 Å². The van der Waals surface area contributed by atoms with Gasteiger partial charge in [0.15, 0.2) is 12.6 Å². The minimum absolute atomic E-state index is 0. The molecule has 18 heteroatoms. The minimum Gasteiger partial charge on any atom is -1.00 e. The maximum Gasteiger partial charge on any atom is 1.00 e. The molecule has 0 aliphatic carbocycles. The fourth-order valence-corrected chi connectivity index (χ4v) is 4.52. The molecule has 0 aliphatic heterocycles. The van der Waals surface area contributed by atoms with Crippen molar-refractivity contribution in [2.24, 2.45) is 0 Å². The standard InChI is InChI=1S/C17H23NO5.C11H11NO3.C6H13BrO2.CH2O3.CH4.2Cs.H/c1-4-20-16(21-5-2)11-23-13-7-8-14-12(9-13)10-15(18-14)17(19)22-6-3;1-2-15-11(14)10-6-7-5-8(13)3-4-9(7)12-10;1-3-8-6(5-7)9-4-2;2-1-4-3;;;;/h7-10,16,18H,4-6,11H2,1-3H3;3-6,12-13H,2H2,1H3;6H,3-5H2,1-2H3;1,3H;1H4;;;/q;;;;;2*+1;-1/p-1. The summed E-state index contributed by atoms with van der Waals surface area (Å²) < 4.78 is 36.8. The number of carbonyl (C=O) groups is 3. The van der Waals surface area contributed by atoms with Crippen LogP contribution in [0.15, 0.2) is 48.5 Å². The van der Waals surface area contributed by atoms with E-state index in [1.807, 2.05) is 45.9 Å². The largest absolute Gasteiger partial charge is 1.00 e. The van der Waals surface area contributed by atoms with Gasteiger partial charge in [0.05, 0.1) is 18.5 Å². The van der Waals surface area contributed by atoms with Crippen LogP contribution in [0.3, 0.4) is 0 Å². The Labute approximate surface area is 444 Å². The second-order valence-electron chi connectivity index (χ2n) is 9.67. The van der Waals surface area contributed by atoms with E-state index in [1.165, 1.54) is 0 Å². The number of rotatable bonds is 17. The van der Waals surface area contributed by atoms with Crippen molar-refractivity contribution in [3.63, 3.8) is 0 Å². The number of aromatic hydroxyl groups is 1. The molecule has 2 aromatic carbocycles. The number of aromatic nitrogens is 2. The summed E-state index contributed by atoms with van der Waals surface area (Å²) in [5, 5.41) is 20.1. The maximum absolute atomic E-state index is 11.7. The third-order valence-electron chi connectivity index (χ3n) is 6.15. The van der Waals surface area contributed by atoms with Gasteiger partial charge in [0.1, 0.15) is 29.5 Å². The molecule has 0 fully saturated rings. The third kappa shape index (κ3) is 23.4. The number of H-pyrrole nitrogens is 2. The molecule has 2 heterocycles. The molecular weight excluding hydrogens is 1010 g/mol. The molecule has 4 rings (SSSR count). The predicted molar refractivity (Wildman–Crippen MR) is 199 cm³/mol. The fraction of sp³-hybridized carbons (Fsp3) is 0.472. The van der Waals surface area contributed by atoms with Gasteiger partial charge in [-0.2, -0.15) is 0 Å². The van der Waals surface area contributed by atoms with Gasteiger partial charge in [-0.3, -0.25) is 4.79 Å². The number of alkyl halides is 1. The molecule has 54 heavy (non-hydrogen) atoms. The number of halogens is 1. The van der Waals surface area contributed by atoms with Gasteiger partial charge < -0.3 is 59.8 Å². The van der Waals surface area contributed by atoms with Crippen LogP contribution >= 0.6 is 15.9 Å². The number of phenolic OH excluding ortho intramolecular Hbond substituents is 1. The van der Waals surface area contributed by atoms with Crippen LogP contribution in [-0.4, -0.2) is 97.6 Å². The van der Waals surface area contributed by atoms with E-state index in [9.17, 15) is 14.7 Å². The van der Waals surface area contributed by atoms with E-state index in [-0.39, 0.29) is 183 Å². The van der Waals surface area contributed by atoms with E-state index in [2.05, 4.69) is 30.8 Å². The summed E-state index contributed by atoms with van der Waals surface area (Å²) in [6, 6.07) is 13.8. The van der Waals surface area contributed by atoms with Crippen molar-refractivity contribution in [1.29, 1.82) is 0 Å². The van der Waals surface area contributed by atoms with Crippen LogP contribution in [0.25, 0.3) is 21.8 Å². The maximum atomic E-state index is 11.7. The molecule has 4 aromatic rings. The van der Waals surface area contributed by atoms with Gasteiger partial charge in [-0.05, 0) is 90.1 Å². The third-order valence-corrected chi connectivity index (χ3v) is 6.68. The summed E-state index contributed by atoms with van der Waals surface area (Å²) in [6.07, 6.45) is -0.456. The van der Waals surface area contributed by atoms with Crippen LogP contribution < -0.4 is 148 Å². The van der Waals surface area contributed by atoms with Crippen LogP contribution in [0.5, 0.6) is 11.5 Å². The van der Waals surface area contributed by atoms with Crippen molar-refractivity contribution in [2.75, 3.05) is 51.6 Å². The number of carbonyl (C=O) groups excluding carboxylic acids is 3. The summed E-state index contributed by atoms with van der Waals surface area (Å²) in [4.78, 5) is 40.3. The van der Waals surface area contributed by atoms with Gasteiger partial charge in [0.25, 0.3) is 6.47 Å². The van der Waals surface area contributed by atoms with E-state index < -0.39 is 0 Å². The van der Waals surface area contributed by atoms with Crippen LogP contribution in [0.1, 0.15) is 71.4 Å². The first-order chi connectivity index (χ1) is 24.6. The number of esters is 2. The Balaban J connectivity index is -0.000000353. The second-order valence-corrected chi connectivity index (χ2v) is 10.3. The molecule has 0 bridgehead atoms. The molecule has 3 N–H and O–H groups in total. The molecule has 0 amide bonds. The van der Waals surface area contributed by atoms with Gasteiger partial charge in [0.2, 0.25) is 0 Å². The zero-order chi connectivity index (χ0) is 38.0. The summed E-state index contributed by atoms with van der Waals surface area (Å²) >= 11 is 3.27. The van der Waals surface area contributed by atoms with Crippen LogP contribution in [0, 0.1) is 0 Å². The Hall–Kier alpha value is -0.0861. The van der Waals surface area contributed by atoms with Crippen molar-refractivity contribution >= 4 is 56.1 Å². The average molecular weight is 1070 g/mol. The van der Waals surface area contributed by atoms with Gasteiger partial charge in [-0.1, -0.05) is 23.4 Å². The first-order valence-electron chi connectivity index (χ1n) is 16.3. The van der Waals surface area contributed by atoms with Crippen LogP contribution in [-0.2, 0) is 38.1 Å². The zero-order valence-corrected chi connectivity index (χ0v) is 45.9. The Morgan fingerprint density at radius 3 is 1.57 bits per heavy atom. The fourth-order valence-electron chi connectivity index (χ4n) is 4.15. The first kappa shape index (κ1) is 58.2. The number of benzene rings is 2. The monoisotopic (exact) mass is 1070 g/mol. The molecule has 0 aliphatic rings. The van der Waals surface area contributed by atoms with Crippen molar-refractivity contribution in [3.05, 3.63) is 59.9 Å². The SMILES string of the molecule is C.CCOC(=O)c1cc2cc(O)ccc2[nH]1.CCOC(=O)c1cc2cc(OCC(OCC)OCC)ccc2[nH]1.CCOC(CBr)OCC.O=CO[O-].[Cs+].[Cs+].[H-]. The molecule has 0 spiro atoms. The molecule has 294 valence electrons. The number of hydrogen-bond donors (Lipinski definition) is 3. The Bertz CT molecular complexity index is 1570. The molecule has 0 atom stereocenters. The molecule has 0 radical (unpaired) electrons. The van der Waals surface area contributed by atoms with Crippen molar-refractivity contribution in [2.45, 2.75) is 61.5 Å². The number of nitrogens with one attached hydrogen (secondary N) is 2. The van der Waals surface area contributed by atoms with Crippen LogP contribution in [0.4, 0.5) is 0 Å². The summed E-state index contributed by atoms with van der Waals surface area (Å²) in [5.41, 5.74) is 2.49. The number of fused-ring (bicyclic) bond motifs is 2. The Morgan fingerprint density at radius 2 is 1.17 bits per heavy atom. The van der Waals surface area contributed by atoms with Gasteiger partial charge in [-0.25, -0.2) is 9.59 Å². The number of aromatic amines is 2. The summed E-state index contributed by atoms with van der Waals surface area (Å²) in [6.45, 7) is 14.6. The van der Waals surface area contributed by atoms with Gasteiger partial charge in [0, 0.05) is 48.2 Å². The Morgan fingerprint density at radius 1 is 0.741 bits per heavy atom. The molecule has 2 aromatic heterocycles. The van der Waals surface area contributed by atoms with E-state index >= 15 is 0 Å². The molecule has 0 saturated heterocycles. The normalized spacial score (nSPS) is 9.81. The topological polar surface area (TPSA) is 200 Å². The Kier molecular flexibility index (Phi) is 38.9. The molecule has 0 unspecified atom stereocenters. The van der Waals surface area contributed by atoms with Crippen molar-refractivity contribution < 1.29 is 202 Å².